The first kappa shape index (κ1) is 17.9. The number of amides is 1. The lowest BCUT2D eigenvalue weighted by Crippen LogP contribution is -2.29. The Morgan fingerprint density at radius 2 is 1.54 bits per heavy atom. The number of carbonyl (C=O) groups is 2. The van der Waals surface area contributed by atoms with Crippen LogP contribution >= 0.6 is 0 Å². The van der Waals surface area contributed by atoms with Gasteiger partial charge in [0.1, 0.15) is 0 Å². The van der Waals surface area contributed by atoms with Crippen molar-refractivity contribution in [3.05, 3.63) is 89.0 Å². The Labute approximate surface area is 164 Å². The molecule has 3 aromatic rings. The van der Waals surface area contributed by atoms with Crippen LogP contribution in [0.25, 0.3) is 23.3 Å². The zero-order valence-electron chi connectivity index (χ0n) is 16.0. The van der Waals surface area contributed by atoms with Gasteiger partial charge in [-0.15, -0.1) is 0 Å². The number of fused-ring (bicyclic) bond motifs is 2. The third kappa shape index (κ3) is 3.27. The van der Waals surface area contributed by atoms with Crippen molar-refractivity contribution in [3.8, 4) is 11.1 Å². The van der Waals surface area contributed by atoms with Gasteiger partial charge in [0.25, 0.3) is 0 Å². The number of hydrogen-bond donors (Lipinski definition) is 0. The Kier molecular flexibility index (Phi) is 4.66. The highest BCUT2D eigenvalue weighted by molar-refractivity contribution is 6.01. The summed E-state index contributed by atoms with van der Waals surface area (Å²) in [7, 11) is 0. The Hall–Kier alpha value is -3.46. The number of hydrogen-bond acceptors (Lipinski definition) is 2. The van der Waals surface area contributed by atoms with E-state index in [-0.39, 0.29) is 11.7 Å². The molecule has 0 N–H and O–H groups in total. The fourth-order valence-corrected chi connectivity index (χ4v) is 3.70. The minimum Gasteiger partial charge on any atom is -0.308 e. The molecule has 138 valence electrons. The molecule has 0 fully saturated rings. The van der Waals surface area contributed by atoms with Crippen LogP contribution in [0, 0.1) is 0 Å². The quantitative estimate of drug-likeness (QED) is 0.554. The molecule has 4 rings (SSSR count). The zero-order valence-corrected chi connectivity index (χ0v) is 16.0. The van der Waals surface area contributed by atoms with E-state index >= 15 is 0 Å². The van der Waals surface area contributed by atoms with Crippen molar-refractivity contribution in [2.24, 2.45) is 0 Å². The predicted molar refractivity (Wildman–Crippen MR) is 114 cm³/mol. The van der Waals surface area contributed by atoms with Crippen LogP contribution in [0.5, 0.6) is 0 Å². The van der Waals surface area contributed by atoms with Crippen molar-refractivity contribution in [1.29, 1.82) is 0 Å². The molecule has 1 aliphatic heterocycles. The number of para-hydroxylation sites is 1. The van der Waals surface area contributed by atoms with Crippen LogP contribution < -0.4 is 4.90 Å². The molecule has 1 amide bonds. The van der Waals surface area contributed by atoms with Crippen molar-refractivity contribution in [2.75, 3.05) is 4.90 Å². The second kappa shape index (κ2) is 7.28. The van der Waals surface area contributed by atoms with Gasteiger partial charge in [0.2, 0.25) is 5.91 Å². The van der Waals surface area contributed by atoms with E-state index in [2.05, 4.69) is 18.2 Å². The summed E-state index contributed by atoms with van der Waals surface area (Å²) in [6, 6.07) is 21.7. The van der Waals surface area contributed by atoms with Crippen LogP contribution in [0.15, 0.2) is 66.7 Å². The summed E-state index contributed by atoms with van der Waals surface area (Å²) in [5, 5.41) is 0. The normalized spacial score (nSPS) is 12.6. The lowest BCUT2D eigenvalue weighted by Gasteiger charge is -2.26. The monoisotopic (exact) mass is 367 g/mol. The molecule has 0 aromatic heterocycles. The Morgan fingerprint density at radius 3 is 2.32 bits per heavy atom. The van der Waals surface area contributed by atoms with E-state index in [0.717, 1.165) is 33.5 Å². The van der Waals surface area contributed by atoms with Crippen LogP contribution in [0.4, 0.5) is 5.69 Å². The molecular weight excluding hydrogens is 346 g/mol. The van der Waals surface area contributed by atoms with Crippen molar-refractivity contribution in [1.82, 2.24) is 0 Å². The molecule has 28 heavy (non-hydrogen) atoms. The summed E-state index contributed by atoms with van der Waals surface area (Å²) >= 11 is 0. The van der Waals surface area contributed by atoms with Crippen LogP contribution in [-0.4, -0.2) is 11.7 Å². The van der Waals surface area contributed by atoms with Gasteiger partial charge in [-0.3, -0.25) is 9.59 Å². The van der Waals surface area contributed by atoms with Crippen molar-refractivity contribution < 1.29 is 9.59 Å². The van der Waals surface area contributed by atoms with Gasteiger partial charge in [0.15, 0.2) is 5.78 Å². The van der Waals surface area contributed by atoms with Gasteiger partial charge < -0.3 is 4.90 Å². The molecule has 1 aliphatic rings. The molecule has 1 heterocycles. The van der Waals surface area contributed by atoms with E-state index in [1.807, 2.05) is 60.7 Å². The van der Waals surface area contributed by atoms with E-state index in [0.29, 0.717) is 12.1 Å². The van der Waals surface area contributed by atoms with Gasteiger partial charge in [-0.1, -0.05) is 66.7 Å². The molecule has 3 heteroatoms. The van der Waals surface area contributed by atoms with Crippen molar-refractivity contribution in [2.45, 2.75) is 20.4 Å². The summed E-state index contributed by atoms with van der Waals surface area (Å²) in [6.07, 6.45) is 4.14. The smallest absolute Gasteiger partial charge is 0.224 e. The molecule has 0 bridgehead atoms. The number of anilines is 1. The minimum atomic E-state index is 0.00300. The molecule has 0 spiro atoms. The third-order valence-corrected chi connectivity index (χ3v) is 5.14. The van der Waals surface area contributed by atoms with Crippen LogP contribution in [0.3, 0.4) is 0 Å². The fraction of sp³-hybridized carbons (Fsp3) is 0.120. The number of benzene rings is 3. The average molecular weight is 367 g/mol. The summed E-state index contributed by atoms with van der Waals surface area (Å²) in [5.41, 5.74) is 6.66. The summed E-state index contributed by atoms with van der Waals surface area (Å²) < 4.78 is 0. The fourth-order valence-electron chi connectivity index (χ4n) is 3.70. The average Bonchev–Trinajstić information content (AvgIpc) is 2.69. The van der Waals surface area contributed by atoms with E-state index in [4.69, 9.17) is 0 Å². The molecule has 0 saturated carbocycles. The molecule has 0 atom stereocenters. The molecule has 0 aliphatic carbocycles. The van der Waals surface area contributed by atoms with E-state index in [1.165, 1.54) is 0 Å². The lowest BCUT2D eigenvalue weighted by atomic mass is 9.93. The minimum absolute atomic E-state index is 0.00300. The number of ketones is 1. The number of Topliss-reactive ketones (excluding diaryl/α,β-unsaturated/α-hetero) is 1. The van der Waals surface area contributed by atoms with Crippen molar-refractivity contribution in [3.63, 3.8) is 0 Å². The Morgan fingerprint density at radius 1 is 0.821 bits per heavy atom. The molecule has 0 radical (unpaired) electrons. The third-order valence-electron chi connectivity index (χ3n) is 5.14. The largest absolute Gasteiger partial charge is 0.308 e. The van der Waals surface area contributed by atoms with Gasteiger partial charge in [0.05, 0.1) is 12.2 Å². The number of carbonyl (C=O) groups excluding carboxylic acids is 2. The summed E-state index contributed by atoms with van der Waals surface area (Å²) in [4.78, 5) is 26.2. The topological polar surface area (TPSA) is 37.4 Å². The molecule has 3 nitrogen and oxygen atoms in total. The van der Waals surface area contributed by atoms with Gasteiger partial charge in [0, 0.05) is 12.5 Å². The summed E-state index contributed by atoms with van der Waals surface area (Å²) in [6.45, 7) is 3.67. The van der Waals surface area contributed by atoms with Gasteiger partial charge >= 0.3 is 0 Å². The van der Waals surface area contributed by atoms with Gasteiger partial charge in [-0.2, -0.15) is 0 Å². The predicted octanol–water partition coefficient (Wildman–Crippen LogP) is 5.59. The van der Waals surface area contributed by atoms with E-state index in [1.54, 1.807) is 18.7 Å². The highest BCUT2D eigenvalue weighted by Gasteiger charge is 2.19. The first-order valence-corrected chi connectivity index (χ1v) is 9.33. The molecule has 3 aromatic carbocycles. The maximum Gasteiger partial charge on any atom is 0.224 e. The second-order valence-electron chi connectivity index (χ2n) is 7.01. The Bertz CT molecular complexity index is 1110. The standard InChI is InChI=1S/C25H21NO2/c1-17(27)23-8-4-5-9-24(23)21-14-12-19-11-13-20-7-3-6-10-25(20)26(18(2)28)16-22(19)15-21/h3-15H,16H2,1-2H3. The van der Waals surface area contributed by atoms with Crippen molar-refractivity contribution >= 4 is 29.5 Å². The SMILES string of the molecule is CC(=O)c1ccccc1-c1ccc2c(c1)CN(C(C)=O)c1ccccc1C=C2. The maximum atomic E-state index is 12.4. The molecule has 0 unspecified atom stereocenters. The highest BCUT2D eigenvalue weighted by Crippen LogP contribution is 2.32. The van der Waals surface area contributed by atoms with Crippen LogP contribution in [-0.2, 0) is 11.3 Å². The van der Waals surface area contributed by atoms with Crippen LogP contribution in [0.1, 0.15) is 40.9 Å². The molecule has 0 saturated heterocycles. The van der Waals surface area contributed by atoms with Crippen LogP contribution in [0.2, 0.25) is 0 Å². The Balaban J connectivity index is 1.85. The van der Waals surface area contributed by atoms with E-state index < -0.39 is 0 Å². The van der Waals surface area contributed by atoms with Gasteiger partial charge in [-0.25, -0.2) is 0 Å². The maximum absolute atomic E-state index is 12.4. The number of rotatable bonds is 2. The summed E-state index contributed by atoms with van der Waals surface area (Å²) in [5.74, 6) is 0.0461. The van der Waals surface area contributed by atoms with Gasteiger partial charge in [-0.05, 0) is 46.9 Å². The highest BCUT2D eigenvalue weighted by atomic mass is 16.2. The first-order chi connectivity index (χ1) is 13.5. The molecular formula is C25H21NO2. The second-order valence-corrected chi connectivity index (χ2v) is 7.01. The first-order valence-electron chi connectivity index (χ1n) is 9.33. The lowest BCUT2D eigenvalue weighted by molar-refractivity contribution is -0.116. The zero-order chi connectivity index (χ0) is 19.7. The number of nitrogens with zero attached hydrogens (tertiary/aromatic N) is 1. The van der Waals surface area contributed by atoms with E-state index in [9.17, 15) is 9.59 Å².